The molecule has 2 aromatic rings. The molecule has 1 aliphatic rings. The predicted molar refractivity (Wildman–Crippen MR) is 94.8 cm³/mol. The molecule has 1 amide bonds. The molecule has 2 heterocycles. The van der Waals surface area contributed by atoms with Crippen LogP contribution in [0.15, 0.2) is 35.0 Å². The number of hydrogen-bond acceptors (Lipinski definition) is 6. The topological polar surface area (TPSA) is 68.2 Å². The van der Waals surface area contributed by atoms with Crippen molar-refractivity contribution in [2.24, 2.45) is 0 Å². The summed E-state index contributed by atoms with van der Waals surface area (Å²) >= 11 is 1.49. The molecule has 1 aromatic carbocycles. The molecule has 0 unspecified atom stereocenters. The van der Waals surface area contributed by atoms with Crippen LogP contribution in [0.3, 0.4) is 0 Å². The third-order valence-corrected chi connectivity index (χ3v) is 4.91. The number of ether oxygens (including phenoxy) is 3. The molecule has 0 bridgehead atoms. The summed E-state index contributed by atoms with van der Waals surface area (Å²) in [6.07, 6.45) is -0.637. The highest BCUT2D eigenvalue weighted by Gasteiger charge is 2.32. The maximum absolute atomic E-state index is 12.5. The van der Waals surface area contributed by atoms with E-state index >= 15 is 0 Å². The van der Waals surface area contributed by atoms with E-state index in [0.29, 0.717) is 42.3 Å². The Balaban J connectivity index is 1.71. The van der Waals surface area contributed by atoms with E-state index in [1.165, 1.54) is 11.3 Å². The fourth-order valence-corrected chi connectivity index (χ4v) is 3.47. The molecule has 0 radical (unpaired) electrons. The highest BCUT2D eigenvalue weighted by Crippen LogP contribution is 2.32. The first kappa shape index (κ1) is 17.6. The van der Waals surface area contributed by atoms with Crippen molar-refractivity contribution in [2.75, 3.05) is 27.3 Å². The summed E-state index contributed by atoms with van der Waals surface area (Å²) in [5.74, 6) is 1.69. The summed E-state index contributed by atoms with van der Waals surface area (Å²) in [6.45, 7) is 0.853. The number of nitrogens with zero attached hydrogens (tertiary/aromatic N) is 1. The minimum absolute atomic E-state index is 0.0333. The van der Waals surface area contributed by atoms with Crippen LogP contribution in [0.5, 0.6) is 17.2 Å². The molecule has 1 aliphatic heterocycles. The van der Waals surface area contributed by atoms with E-state index in [2.05, 4.69) is 0 Å². The van der Waals surface area contributed by atoms with E-state index in [1.807, 2.05) is 16.8 Å². The Morgan fingerprint density at radius 2 is 2.04 bits per heavy atom. The Labute approximate surface area is 150 Å². The number of carbonyl (C=O) groups is 1. The Morgan fingerprint density at radius 3 is 2.72 bits per heavy atom. The monoisotopic (exact) mass is 363 g/mol. The van der Waals surface area contributed by atoms with Gasteiger partial charge in [0.25, 0.3) is 5.91 Å². The van der Waals surface area contributed by atoms with E-state index in [0.717, 1.165) is 0 Å². The molecular weight excluding hydrogens is 342 g/mol. The van der Waals surface area contributed by atoms with Gasteiger partial charge in [-0.25, -0.2) is 0 Å². The van der Waals surface area contributed by atoms with Gasteiger partial charge in [0.15, 0.2) is 11.5 Å². The number of benzene rings is 1. The number of hydrogen-bond donors (Lipinski definition) is 1. The smallest absolute Gasteiger partial charge is 0.254 e. The van der Waals surface area contributed by atoms with Gasteiger partial charge >= 0.3 is 0 Å². The van der Waals surface area contributed by atoms with Gasteiger partial charge in [-0.1, -0.05) is 0 Å². The molecule has 3 rings (SSSR count). The molecule has 1 fully saturated rings. The molecule has 1 aromatic heterocycles. The largest absolute Gasteiger partial charge is 0.493 e. The number of amides is 1. The second-order valence-electron chi connectivity index (χ2n) is 5.79. The van der Waals surface area contributed by atoms with Gasteiger partial charge in [0.05, 0.1) is 32.4 Å². The molecule has 1 saturated heterocycles. The summed E-state index contributed by atoms with van der Waals surface area (Å²) in [5.41, 5.74) is 0.672. The second-order valence-corrected chi connectivity index (χ2v) is 6.57. The van der Waals surface area contributed by atoms with Crippen LogP contribution >= 0.6 is 11.3 Å². The molecule has 2 atom stereocenters. The van der Waals surface area contributed by atoms with Crippen LogP contribution in [0.2, 0.25) is 0 Å². The fraction of sp³-hybridized carbons (Fsp3) is 0.389. The van der Waals surface area contributed by atoms with Gasteiger partial charge in [0.1, 0.15) is 11.9 Å². The summed E-state index contributed by atoms with van der Waals surface area (Å²) in [4.78, 5) is 14.2. The zero-order chi connectivity index (χ0) is 17.8. The Bertz CT molecular complexity index is 718. The Hall–Kier alpha value is -2.25. The number of aliphatic hydroxyl groups is 1. The van der Waals surface area contributed by atoms with E-state index in [1.54, 1.807) is 37.3 Å². The van der Waals surface area contributed by atoms with Crippen molar-refractivity contribution in [1.82, 2.24) is 4.90 Å². The van der Waals surface area contributed by atoms with Gasteiger partial charge in [-0.2, -0.15) is 11.3 Å². The predicted octanol–water partition coefficient (Wildman–Crippen LogP) is 2.42. The van der Waals surface area contributed by atoms with Crippen molar-refractivity contribution in [2.45, 2.75) is 18.6 Å². The van der Waals surface area contributed by atoms with Gasteiger partial charge < -0.3 is 24.2 Å². The van der Waals surface area contributed by atoms with E-state index in [-0.39, 0.29) is 5.91 Å². The quantitative estimate of drug-likeness (QED) is 0.884. The number of aliphatic hydroxyl groups excluding tert-OH is 1. The van der Waals surface area contributed by atoms with Gasteiger partial charge in [-0.3, -0.25) is 4.79 Å². The van der Waals surface area contributed by atoms with Crippen LogP contribution in [0.25, 0.3) is 0 Å². The molecule has 1 N–H and O–H groups in total. The van der Waals surface area contributed by atoms with Crippen molar-refractivity contribution < 1.29 is 24.1 Å². The lowest BCUT2D eigenvalue weighted by molar-refractivity contribution is -0.0193. The number of methoxy groups -OCH3 is 2. The molecule has 7 heteroatoms. The van der Waals surface area contributed by atoms with Gasteiger partial charge in [-0.05, 0) is 30.0 Å². The minimum Gasteiger partial charge on any atom is -0.493 e. The van der Waals surface area contributed by atoms with Crippen molar-refractivity contribution in [3.05, 3.63) is 40.6 Å². The number of rotatable bonds is 5. The highest BCUT2D eigenvalue weighted by molar-refractivity contribution is 7.08. The van der Waals surface area contributed by atoms with Crippen molar-refractivity contribution in [3.8, 4) is 17.2 Å². The third kappa shape index (κ3) is 3.88. The van der Waals surface area contributed by atoms with E-state index in [4.69, 9.17) is 14.2 Å². The molecule has 134 valence electrons. The lowest BCUT2D eigenvalue weighted by atomic mass is 10.0. The second kappa shape index (κ2) is 7.76. The van der Waals surface area contributed by atoms with Crippen LogP contribution in [0.1, 0.15) is 16.8 Å². The molecule has 0 spiro atoms. The SMILES string of the molecule is COc1ccc(O[C@@H]2CN(C(=O)c3ccsc3)CC[C@H]2O)cc1OC. The Kier molecular flexibility index (Phi) is 5.45. The molecular formula is C18H21NO5S. The normalized spacial score (nSPS) is 20.2. The average Bonchev–Trinajstić information content (AvgIpc) is 3.17. The lowest BCUT2D eigenvalue weighted by Crippen LogP contribution is -2.51. The maximum atomic E-state index is 12.5. The summed E-state index contributed by atoms with van der Waals surface area (Å²) in [6, 6.07) is 7.03. The van der Waals surface area contributed by atoms with E-state index in [9.17, 15) is 9.90 Å². The zero-order valence-electron chi connectivity index (χ0n) is 14.2. The van der Waals surface area contributed by atoms with Crippen LogP contribution in [-0.4, -0.2) is 55.4 Å². The van der Waals surface area contributed by atoms with Crippen LogP contribution < -0.4 is 14.2 Å². The maximum Gasteiger partial charge on any atom is 0.254 e. The number of thiophene rings is 1. The number of piperidine rings is 1. The van der Waals surface area contributed by atoms with Gasteiger partial charge in [0, 0.05) is 18.0 Å². The first-order valence-electron chi connectivity index (χ1n) is 8.00. The number of carbonyl (C=O) groups excluding carboxylic acids is 1. The highest BCUT2D eigenvalue weighted by atomic mass is 32.1. The van der Waals surface area contributed by atoms with Crippen LogP contribution in [0.4, 0.5) is 0 Å². The third-order valence-electron chi connectivity index (χ3n) is 4.22. The first-order chi connectivity index (χ1) is 12.1. The Morgan fingerprint density at radius 1 is 1.24 bits per heavy atom. The van der Waals surface area contributed by atoms with Crippen molar-refractivity contribution in [1.29, 1.82) is 0 Å². The summed E-state index contributed by atoms with van der Waals surface area (Å²) in [5, 5.41) is 14.0. The van der Waals surface area contributed by atoms with Gasteiger partial charge in [0.2, 0.25) is 0 Å². The number of likely N-dealkylation sites (tertiary alicyclic amines) is 1. The molecule has 0 aliphatic carbocycles. The summed E-state index contributed by atoms with van der Waals surface area (Å²) < 4.78 is 16.4. The summed E-state index contributed by atoms with van der Waals surface area (Å²) in [7, 11) is 3.12. The molecule has 6 nitrogen and oxygen atoms in total. The van der Waals surface area contributed by atoms with E-state index < -0.39 is 12.2 Å². The van der Waals surface area contributed by atoms with Gasteiger partial charge in [-0.15, -0.1) is 0 Å². The fourth-order valence-electron chi connectivity index (χ4n) is 2.84. The standard InChI is InChI=1S/C18H21NO5S/c1-22-15-4-3-13(9-16(15)23-2)24-17-10-19(7-5-14(17)20)18(21)12-6-8-25-11-12/h3-4,6,8-9,11,14,17,20H,5,7,10H2,1-2H3/t14-,17-/m1/s1. The average molecular weight is 363 g/mol. The zero-order valence-corrected chi connectivity index (χ0v) is 15.0. The first-order valence-corrected chi connectivity index (χ1v) is 8.95. The molecule has 0 saturated carbocycles. The van der Waals surface area contributed by atoms with Crippen molar-refractivity contribution >= 4 is 17.2 Å². The molecule has 25 heavy (non-hydrogen) atoms. The van der Waals surface area contributed by atoms with Crippen LogP contribution in [-0.2, 0) is 0 Å². The lowest BCUT2D eigenvalue weighted by Gasteiger charge is -2.36. The van der Waals surface area contributed by atoms with Crippen LogP contribution in [0, 0.1) is 0 Å². The minimum atomic E-state index is -0.625. The van der Waals surface area contributed by atoms with Crippen molar-refractivity contribution in [3.63, 3.8) is 0 Å².